The summed E-state index contributed by atoms with van der Waals surface area (Å²) in [5, 5.41) is 0. The fourth-order valence-electron chi connectivity index (χ4n) is 2.04. The molecule has 0 bridgehead atoms. The molecular weight excluding hydrogens is 226 g/mol. The molecule has 0 saturated carbocycles. The highest BCUT2D eigenvalue weighted by Crippen LogP contribution is 2.16. The van der Waals surface area contributed by atoms with Crippen molar-refractivity contribution in [1.29, 1.82) is 0 Å². The lowest BCUT2D eigenvalue weighted by atomic mass is 9.97. The zero-order valence-electron chi connectivity index (χ0n) is 10.6. The average Bonchev–Trinajstić information content (AvgIpc) is 2.46. The first kappa shape index (κ1) is 12.5. The van der Waals surface area contributed by atoms with Gasteiger partial charge in [-0.2, -0.15) is 0 Å². The molecule has 1 heterocycles. The maximum absolute atomic E-state index is 11.3. The van der Waals surface area contributed by atoms with Crippen LogP contribution in [0.4, 0.5) is 4.79 Å². The van der Waals surface area contributed by atoms with E-state index >= 15 is 0 Å². The molecule has 1 saturated heterocycles. The molecule has 0 N–H and O–H groups in total. The van der Waals surface area contributed by atoms with Crippen LogP contribution in [-0.2, 0) is 4.74 Å². The molecular formula is C15H17NO2. The molecule has 1 amide bonds. The second-order valence-electron chi connectivity index (χ2n) is 4.37. The van der Waals surface area contributed by atoms with Crippen molar-refractivity contribution in [1.82, 2.24) is 4.90 Å². The van der Waals surface area contributed by atoms with Crippen LogP contribution in [0.3, 0.4) is 0 Å². The topological polar surface area (TPSA) is 29.5 Å². The summed E-state index contributed by atoms with van der Waals surface area (Å²) in [6.45, 7) is 1.47. The van der Waals surface area contributed by atoms with Crippen molar-refractivity contribution >= 4 is 6.09 Å². The number of benzene rings is 1. The molecule has 1 aromatic carbocycles. The molecule has 3 nitrogen and oxygen atoms in total. The molecule has 0 spiro atoms. The van der Waals surface area contributed by atoms with Gasteiger partial charge >= 0.3 is 6.09 Å². The largest absolute Gasteiger partial charge is 0.453 e. The molecule has 1 fully saturated rings. The van der Waals surface area contributed by atoms with Crippen molar-refractivity contribution in [3.8, 4) is 11.8 Å². The number of nitrogens with zero attached hydrogens (tertiary/aromatic N) is 1. The van der Waals surface area contributed by atoms with Crippen LogP contribution >= 0.6 is 0 Å². The van der Waals surface area contributed by atoms with Gasteiger partial charge in [-0.3, -0.25) is 0 Å². The molecule has 94 valence electrons. The van der Waals surface area contributed by atoms with E-state index in [1.54, 1.807) is 4.90 Å². The molecule has 0 aliphatic carbocycles. The van der Waals surface area contributed by atoms with Crippen LogP contribution < -0.4 is 0 Å². The van der Waals surface area contributed by atoms with Crippen LogP contribution in [0.1, 0.15) is 18.4 Å². The van der Waals surface area contributed by atoms with Crippen LogP contribution in [-0.4, -0.2) is 31.2 Å². The molecule has 0 aromatic heterocycles. The lowest BCUT2D eigenvalue weighted by Gasteiger charge is -2.28. The molecule has 18 heavy (non-hydrogen) atoms. The monoisotopic (exact) mass is 243 g/mol. The Hall–Kier alpha value is -1.95. The van der Waals surface area contributed by atoms with Gasteiger partial charge in [0, 0.05) is 24.6 Å². The third-order valence-electron chi connectivity index (χ3n) is 3.12. The van der Waals surface area contributed by atoms with Gasteiger partial charge < -0.3 is 9.64 Å². The number of piperidine rings is 1. The molecule has 0 radical (unpaired) electrons. The van der Waals surface area contributed by atoms with Crippen molar-refractivity contribution in [2.24, 2.45) is 5.92 Å². The number of ether oxygens (including phenoxy) is 1. The van der Waals surface area contributed by atoms with Gasteiger partial charge in [0.1, 0.15) is 0 Å². The summed E-state index contributed by atoms with van der Waals surface area (Å²) in [7, 11) is 1.42. The van der Waals surface area contributed by atoms with Gasteiger partial charge in [0.25, 0.3) is 0 Å². The summed E-state index contributed by atoms with van der Waals surface area (Å²) in [5.41, 5.74) is 1.05. The number of hydrogen-bond donors (Lipinski definition) is 0. The van der Waals surface area contributed by atoms with Gasteiger partial charge in [0.2, 0.25) is 0 Å². The molecule has 0 atom stereocenters. The predicted octanol–water partition coefficient (Wildman–Crippen LogP) is 2.52. The summed E-state index contributed by atoms with van der Waals surface area (Å²) in [4.78, 5) is 13.1. The highest BCUT2D eigenvalue weighted by Gasteiger charge is 2.21. The number of hydrogen-bond acceptors (Lipinski definition) is 2. The van der Waals surface area contributed by atoms with E-state index in [9.17, 15) is 4.79 Å². The number of carbonyl (C=O) groups excluding carboxylic acids is 1. The minimum atomic E-state index is -0.232. The van der Waals surface area contributed by atoms with Gasteiger partial charge in [0.05, 0.1) is 7.11 Å². The molecule has 1 aromatic rings. The number of amides is 1. The van der Waals surface area contributed by atoms with Gasteiger partial charge in [-0.25, -0.2) is 4.79 Å². The standard InChI is InChI=1S/C15H17NO2/c1-18-15(17)16-11-9-14(10-12-16)8-7-13-5-3-2-4-6-13/h2-6,14H,9-12H2,1H3. The average molecular weight is 243 g/mol. The summed E-state index contributed by atoms with van der Waals surface area (Å²) >= 11 is 0. The van der Waals surface area contributed by atoms with Crippen molar-refractivity contribution < 1.29 is 9.53 Å². The van der Waals surface area contributed by atoms with E-state index in [2.05, 4.69) is 11.8 Å². The van der Waals surface area contributed by atoms with Crippen molar-refractivity contribution in [2.45, 2.75) is 12.8 Å². The molecule has 1 aliphatic rings. The minimum absolute atomic E-state index is 0.232. The first-order valence-electron chi connectivity index (χ1n) is 6.19. The van der Waals surface area contributed by atoms with E-state index in [1.165, 1.54) is 7.11 Å². The maximum atomic E-state index is 11.3. The summed E-state index contributed by atoms with van der Waals surface area (Å²) < 4.78 is 4.71. The van der Waals surface area contributed by atoms with E-state index in [0.717, 1.165) is 31.5 Å². The number of methoxy groups -OCH3 is 1. The van der Waals surface area contributed by atoms with E-state index in [-0.39, 0.29) is 6.09 Å². The summed E-state index contributed by atoms with van der Waals surface area (Å²) in [5.74, 6) is 6.85. The third kappa shape index (κ3) is 3.27. The number of likely N-dealkylation sites (tertiary alicyclic amines) is 1. The summed E-state index contributed by atoms with van der Waals surface area (Å²) in [6.07, 6.45) is 1.62. The van der Waals surface area contributed by atoms with E-state index < -0.39 is 0 Å². The Labute approximate surface area is 108 Å². The van der Waals surface area contributed by atoms with Crippen LogP contribution in [0.5, 0.6) is 0 Å². The van der Waals surface area contributed by atoms with Crippen LogP contribution in [0.2, 0.25) is 0 Å². The smallest absolute Gasteiger partial charge is 0.409 e. The second-order valence-corrected chi connectivity index (χ2v) is 4.37. The van der Waals surface area contributed by atoms with Gasteiger partial charge in [-0.15, -0.1) is 0 Å². The first-order chi connectivity index (χ1) is 8.79. The molecule has 0 unspecified atom stereocenters. The van der Waals surface area contributed by atoms with Crippen molar-refractivity contribution in [3.05, 3.63) is 35.9 Å². The lowest BCUT2D eigenvalue weighted by molar-refractivity contribution is 0.111. The number of carbonyl (C=O) groups is 1. The highest BCUT2D eigenvalue weighted by atomic mass is 16.5. The molecule has 2 rings (SSSR count). The minimum Gasteiger partial charge on any atom is -0.453 e. The highest BCUT2D eigenvalue weighted by molar-refractivity contribution is 5.67. The Morgan fingerprint density at radius 1 is 1.28 bits per heavy atom. The van der Waals surface area contributed by atoms with Gasteiger partial charge in [-0.05, 0) is 25.0 Å². The predicted molar refractivity (Wildman–Crippen MR) is 70.0 cm³/mol. The maximum Gasteiger partial charge on any atom is 0.409 e. The quantitative estimate of drug-likeness (QED) is 0.655. The summed E-state index contributed by atoms with van der Waals surface area (Å²) in [6, 6.07) is 9.99. The number of rotatable bonds is 0. The third-order valence-corrected chi connectivity index (χ3v) is 3.12. The van der Waals surface area contributed by atoms with E-state index in [1.807, 2.05) is 30.3 Å². The fraction of sp³-hybridized carbons (Fsp3) is 0.400. The Balaban J connectivity index is 1.88. The van der Waals surface area contributed by atoms with Crippen LogP contribution in [0.15, 0.2) is 30.3 Å². The molecule has 3 heteroatoms. The van der Waals surface area contributed by atoms with Crippen molar-refractivity contribution in [3.63, 3.8) is 0 Å². The van der Waals surface area contributed by atoms with Crippen LogP contribution in [0.25, 0.3) is 0 Å². The zero-order valence-corrected chi connectivity index (χ0v) is 10.6. The normalized spacial score (nSPS) is 15.7. The Morgan fingerprint density at radius 2 is 1.94 bits per heavy atom. The van der Waals surface area contributed by atoms with Crippen molar-refractivity contribution in [2.75, 3.05) is 20.2 Å². The Bertz CT molecular complexity index is 450. The Kier molecular flexibility index (Phi) is 4.25. The second kappa shape index (κ2) is 6.11. The van der Waals surface area contributed by atoms with Crippen LogP contribution in [0, 0.1) is 17.8 Å². The SMILES string of the molecule is COC(=O)N1CCC(C#Cc2ccccc2)CC1. The zero-order chi connectivity index (χ0) is 12.8. The molecule has 1 aliphatic heterocycles. The fourth-order valence-corrected chi connectivity index (χ4v) is 2.04. The van der Waals surface area contributed by atoms with Gasteiger partial charge in [0.15, 0.2) is 0 Å². The van der Waals surface area contributed by atoms with E-state index in [0.29, 0.717) is 5.92 Å². The Morgan fingerprint density at radius 3 is 2.56 bits per heavy atom. The van der Waals surface area contributed by atoms with Gasteiger partial charge in [-0.1, -0.05) is 30.0 Å². The van der Waals surface area contributed by atoms with E-state index in [4.69, 9.17) is 4.74 Å². The first-order valence-corrected chi connectivity index (χ1v) is 6.19. The lowest BCUT2D eigenvalue weighted by Crippen LogP contribution is -2.38.